The minimum atomic E-state index is -5.00. The summed E-state index contributed by atoms with van der Waals surface area (Å²) in [6.07, 6.45) is 85.2. The Labute approximate surface area is 617 Å². The normalized spacial score (nSPS) is 14.8. The fraction of sp³-hybridized carbons (Fsp3) is 0.639. The van der Waals surface area contributed by atoms with Gasteiger partial charge in [-0.25, -0.2) is 9.13 Å². The van der Waals surface area contributed by atoms with Crippen LogP contribution in [0.2, 0.25) is 0 Å². The second-order valence-electron chi connectivity index (χ2n) is 25.2. The molecule has 0 radical (unpaired) electrons. The molecule has 0 saturated carbocycles. The zero-order valence-corrected chi connectivity index (χ0v) is 65.0. The van der Waals surface area contributed by atoms with Crippen LogP contribution < -0.4 is 0 Å². The molecule has 0 aliphatic carbocycles. The lowest BCUT2D eigenvalue weighted by molar-refractivity contribution is -0.161. The number of ether oxygens (including phenoxy) is 4. The van der Waals surface area contributed by atoms with Crippen LogP contribution in [-0.2, 0) is 65.4 Å². The molecule has 0 aliphatic rings. The maximum Gasteiger partial charge on any atom is 0.472 e. The van der Waals surface area contributed by atoms with E-state index in [-0.39, 0.29) is 25.7 Å². The second kappa shape index (κ2) is 74.0. The molecule has 0 aromatic heterocycles. The summed E-state index contributed by atoms with van der Waals surface area (Å²) in [7, 11) is -9.99. The van der Waals surface area contributed by atoms with Crippen LogP contribution in [0, 0.1) is 0 Å². The number of hydrogen-bond acceptors (Lipinski definition) is 15. The van der Waals surface area contributed by atoms with E-state index in [1.54, 1.807) is 0 Å². The number of allylic oxidation sites excluding steroid dienone is 26. The standard InChI is InChI=1S/C83H136O17P2/c1-5-9-13-17-21-25-29-33-36-38-41-44-47-51-55-59-63-67-80(85)93-73-78(99-82(87)69-65-61-57-53-49-43-32-28-24-20-16-12-8-4)75-97-101(89,90)95-71-77(84)72-96-102(91,92)98-76-79(100-83(88)70-66-62-58-54-50-46-40-35-31-27-23-19-15-11-7-3)74-94-81(86)68-64-60-56-52-48-45-42-39-37-34-30-26-22-18-14-10-6-2/h9-10,13-14,16,20-23,25-28,32-37,40-42,44-45,52,56,77-79,84H,5-8,11-12,15,17-19,24,29-31,38-39,43,46-51,53-55,57-76H2,1-4H3,(H,89,90)(H,91,92)/b13-9-,14-10-,20-16-,25-21-,26-22-,27-23-,32-28-,36-33-,37-34-,40-35-,44-41-,45-42-,56-52-. The molecule has 0 bridgehead atoms. The monoisotopic (exact) mass is 1470 g/mol. The molecule has 0 amide bonds. The summed E-state index contributed by atoms with van der Waals surface area (Å²) >= 11 is 0. The zero-order valence-electron chi connectivity index (χ0n) is 63.2. The van der Waals surface area contributed by atoms with E-state index in [0.717, 1.165) is 180 Å². The minimum absolute atomic E-state index is 0.0611. The summed E-state index contributed by atoms with van der Waals surface area (Å²) in [5.41, 5.74) is 0. The van der Waals surface area contributed by atoms with Gasteiger partial charge in [-0.2, -0.15) is 0 Å². The van der Waals surface area contributed by atoms with Gasteiger partial charge in [0.2, 0.25) is 0 Å². The first-order valence-electron chi connectivity index (χ1n) is 38.7. The van der Waals surface area contributed by atoms with Crippen molar-refractivity contribution in [2.45, 2.75) is 303 Å². The van der Waals surface area contributed by atoms with E-state index in [1.165, 1.54) is 19.3 Å². The molecule has 0 spiro atoms. The van der Waals surface area contributed by atoms with Gasteiger partial charge < -0.3 is 33.8 Å². The van der Waals surface area contributed by atoms with Crippen LogP contribution in [0.5, 0.6) is 0 Å². The molecule has 5 unspecified atom stereocenters. The van der Waals surface area contributed by atoms with Crippen LogP contribution in [-0.4, -0.2) is 96.7 Å². The number of rotatable bonds is 71. The van der Waals surface area contributed by atoms with Crippen LogP contribution in [0.1, 0.15) is 285 Å². The highest BCUT2D eigenvalue weighted by molar-refractivity contribution is 7.47. The van der Waals surface area contributed by atoms with Crippen molar-refractivity contribution in [1.82, 2.24) is 0 Å². The highest BCUT2D eigenvalue weighted by atomic mass is 31.2. The number of carbonyl (C=O) groups is 4. The number of carbonyl (C=O) groups excluding carboxylic acids is 4. The van der Waals surface area contributed by atoms with E-state index in [4.69, 9.17) is 37.0 Å². The fourth-order valence-electron chi connectivity index (χ4n) is 9.61. The molecule has 0 heterocycles. The van der Waals surface area contributed by atoms with Crippen molar-refractivity contribution in [2.24, 2.45) is 0 Å². The van der Waals surface area contributed by atoms with Crippen LogP contribution >= 0.6 is 15.6 Å². The number of phosphoric acid groups is 2. The Bertz CT molecular complexity index is 2550. The molecule has 17 nitrogen and oxygen atoms in total. The third-order valence-corrected chi connectivity index (χ3v) is 17.3. The summed E-state index contributed by atoms with van der Waals surface area (Å²) in [5.74, 6) is -2.31. The number of aliphatic hydroxyl groups excluding tert-OH is 1. The van der Waals surface area contributed by atoms with Crippen molar-refractivity contribution >= 4 is 39.5 Å². The predicted octanol–water partition coefficient (Wildman–Crippen LogP) is 22.4. The molecule has 5 atom stereocenters. The second-order valence-corrected chi connectivity index (χ2v) is 28.1. The van der Waals surface area contributed by atoms with Gasteiger partial charge in [-0.05, 0) is 161 Å². The van der Waals surface area contributed by atoms with E-state index >= 15 is 0 Å². The molecule has 0 fully saturated rings. The number of hydrogen-bond donors (Lipinski definition) is 3. The average Bonchev–Trinajstić information content (AvgIpc) is 0.939. The van der Waals surface area contributed by atoms with Gasteiger partial charge in [-0.15, -0.1) is 0 Å². The number of phosphoric ester groups is 2. The average molecular weight is 1470 g/mol. The summed E-state index contributed by atoms with van der Waals surface area (Å²) < 4.78 is 68.4. The van der Waals surface area contributed by atoms with Crippen LogP contribution in [0.15, 0.2) is 158 Å². The molecule has 0 rings (SSSR count). The minimum Gasteiger partial charge on any atom is -0.462 e. The Hall–Kier alpha value is -5.32. The van der Waals surface area contributed by atoms with Gasteiger partial charge in [-0.1, -0.05) is 256 Å². The van der Waals surface area contributed by atoms with Crippen molar-refractivity contribution in [3.8, 4) is 0 Å². The summed E-state index contributed by atoms with van der Waals surface area (Å²) in [4.78, 5) is 72.9. The number of unbranched alkanes of at least 4 members (excludes halogenated alkanes) is 19. The first-order valence-corrected chi connectivity index (χ1v) is 41.7. The van der Waals surface area contributed by atoms with Crippen molar-refractivity contribution in [3.05, 3.63) is 158 Å². The quantitative estimate of drug-likeness (QED) is 0.0169. The smallest absolute Gasteiger partial charge is 0.462 e. The van der Waals surface area contributed by atoms with Gasteiger partial charge in [0.15, 0.2) is 12.2 Å². The van der Waals surface area contributed by atoms with Crippen molar-refractivity contribution in [1.29, 1.82) is 0 Å². The van der Waals surface area contributed by atoms with Gasteiger partial charge in [0.05, 0.1) is 26.4 Å². The molecular formula is C83H136O17P2. The van der Waals surface area contributed by atoms with E-state index in [1.807, 2.05) is 12.2 Å². The Morgan fingerprint density at radius 3 is 0.863 bits per heavy atom. The largest absolute Gasteiger partial charge is 0.472 e. The molecule has 0 aromatic rings. The van der Waals surface area contributed by atoms with Gasteiger partial charge in [0.1, 0.15) is 19.3 Å². The molecule has 19 heteroatoms. The number of aliphatic hydroxyl groups is 1. The third-order valence-electron chi connectivity index (χ3n) is 15.4. The van der Waals surface area contributed by atoms with Crippen LogP contribution in [0.3, 0.4) is 0 Å². The van der Waals surface area contributed by atoms with Crippen molar-refractivity contribution in [3.63, 3.8) is 0 Å². The fourth-order valence-corrected chi connectivity index (χ4v) is 11.2. The molecule has 0 aromatic carbocycles. The predicted molar refractivity (Wildman–Crippen MR) is 417 cm³/mol. The number of esters is 4. The summed E-state index contributed by atoms with van der Waals surface area (Å²) in [6, 6.07) is 0. The highest BCUT2D eigenvalue weighted by Gasteiger charge is 2.30. The Balaban J connectivity index is 5.45. The maximum atomic E-state index is 13.1. The molecular weight excluding hydrogens is 1330 g/mol. The molecule has 580 valence electrons. The highest BCUT2D eigenvalue weighted by Crippen LogP contribution is 2.45. The lowest BCUT2D eigenvalue weighted by Gasteiger charge is -2.21. The first-order chi connectivity index (χ1) is 49.7. The Kier molecular flexibility index (Phi) is 70.1. The van der Waals surface area contributed by atoms with E-state index in [9.17, 15) is 43.2 Å². The van der Waals surface area contributed by atoms with Gasteiger partial charge >= 0.3 is 39.5 Å². The topological polar surface area (TPSA) is 237 Å². The first kappa shape index (κ1) is 96.7. The zero-order chi connectivity index (χ0) is 74.6. The van der Waals surface area contributed by atoms with Gasteiger partial charge in [-0.3, -0.25) is 37.3 Å². The SMILES string of the molecule is CC/C=C\C/C=C\C/C=C\C/C=C\C/C=C\CCCC(=O)OCC(COP(=O)(O)OCC(O)COP(=O)(O)OCC(COC(=O)CCCCCC/C=C\C/C=C\C/C=C\C/C=C\CC)OC(=O)CCCCCCC/C=C\C/C=C\CCC)OC(=O)CCCCCCC/C=C\C/C=C\CCCCC. The Morgan fingerprint density at radius 1 is 0.284 bits per heavy atom. The van der Waals surface area contributed by atoms with E-state index < -0.39 is 97.5 Å². The van der Waals surface area contributed by atoms with E-state index in [2.05, 4.69) is 174 Å². The molecule has 3 N–H and O–H groups in total. The molecule has 102 heavy (non-hydrogen) atoms. The molecule has 0 saturated heterocycles. The van der Waals surface area contributed by atoms with Crippen LogP contribution in [0.25, 0.3) is 0 Å². The summed E-state index contributed by atoms with van der Waals surface area (Å²) in [6.45, 7) is 4.41. The molecule has 0 aliphatic heterocycles. The van der Waals surface area contributed by atoms with Gasteiger partial charge in [0.25, 0.3) is 0 Å². The third kappa shape index (κ3) is 73.0. The van der Waals surface area contributed by atoms with Crippen molar-refractivity contribution < 1.29 is 80.2 Å². The Morgan fingerprint density at radius 2 is 0.539 bits per heavy atom. The van der Waals surface area contributed by atoms with Crippen molar-refractivity contribution in [2.75, 3.05) is 39.6 Å². The summed E-state index contributed by atoms with van der Waals surface area (Å²) in [5, 5.41) is 10.6. The maximum absolute atomic E-state index is 13.1. The van der Waals surface area contributed by atoms with E-state index in [0.29, 0.717) is 32.1 Å². The van der Waals surface area contributed by atoms with Crippen LogP contribution in [0.4, 0.5) is 0 Å². The lowest BCUT2D eigenvalue weighted by atomic mass is 10.1. The van der Waals surface area contributed by atoms with Gasteiger partial charge in [0, 0.05) is 25.7 Å². The lowest BCUT2D eigenvalue weighted by Crippen LogP contribution is -2.30.